The minimum absolute atomic E-state index is 0.0216. The Balaban J connectivity index is 2.52. The summed E-state index contributed by atoms with van der Waals surface area (Å²) in [6, 6.07) is 1.72. The summed E-state index contributed by atoms with van der Waals surface area (Å²) < 4.78 is 31.3. The highest BCUT2D eigenvalue weighted by atomic mass is 35.5. The zero-order chi connectivity index (χ0) is 14.6. The van der Waals surface area contributed by atoms with Crippen LogP contribution < -0.4 is 5.32 Å². The molecule has 3 nitrogen and oxygen atoms in total. The van der Waals surface area contributed by atoms with Gasteiger partial charge in [0.05, 0.1) is 17.1 Å². The van der Waals surface area contributed by atoms with Crippen LogP contribution in [0.1, 0.15) is 27.2 Å². The van der Waals surface area contributed by atoms with Crippen LogP contribution in [0.2, 0.25) is 5.02 Å². The summed E-state index contributed by atoms with van der Waals surface area (Å²) >= 11 is 5.70. The molecular formula is C13H16ClF2NO2. The lowest BCUT2D eigenvalue weighted by Gasteiger charge is -2.19. The first kappa shape index (κ1) is 15.7. The molecule has 0 saturated carbocycles. The minimum atomic E-state index is -0.797. The highest BCUT2D eigenvalue weighted by molar-refractivity contribution is 6.33. The van der Waals surface area contributed by atoms with Gasteiger partial charge in [0.2, 0.25) is 0 Å². The predicted molar refractivity (Wildman–Crippen MR) is 70.3 cm³/mol. The number of hydrogen-bond donors (Lipinski definition) is 1. The second kappa shape index (κ2) is 6.19. The summed E-state index contributed by atoms with van der Waals surface area (Å²) in [5.41, 5.74) is -0.581. The van der Waals surface area contributed by atoms with Gasteiger partial charge in [-0.15, -0.1) is 0 Å². The number of ether oxygens (including phenoxy) is 1. The molecule has 0 atom stereocenters. The van der Waals surface area contributed by atoms with Crippen LogP contribution in [0.5, 0.6) is 0 Å². The Kier molecular flexibility index (Phi) is 5.11. The molecule has 0 aliphatic heterocycles. The molecule has 1 rings (SSSR count). The Morgan fingerprint density at radius 3 is 2.53 bits per heavy atom. The summed E-state index contributed by atoms with van der Waals surface area (Å²) in [5, 5.41) is 2.58. The van der Waals surface area contributed by atoms with E-state index in [0.29, 0.717) is 0 Å². The predicted octanol–water partition coefficient (Wildman–Crippen LogP) is 3.76. The van der Waals surface area contributed by atoms with Gasteiger partial charge in [0.15, 0.2) is 5.82 Å². The average molecular weight is 292 g/mol. The average Bonchev–Trinajstić information content (AvgIpc) is 2.19. The van der Waals surface area contributed by atoms with Gasteiger partial charge < -0.3 is 10.1 Å². The highest BCUT2D eigenvalue weighted by Gasteiger charge is 2.16. The number of benzene rings is 1. The molecule has 106 valence electrons. The Labute approximate surface area is 115 Å². The van der Waals surface area contributed by atoms with Crippen molar-refractivity contribution in [2.45, 2.75) is 32.8 Å². The van der Waals surface area contributed by atoms with Crippen molar-refractivity contribution in [3.05, 3.63) is 28.8 Å². The van der Waals surface area contributed by atoms with Crippen LogP contribution in [0.4, 0.5) is 14.5 Å². The quantitative estimate of drug-likeness (QED) is 0.858. The van der Waals surface area contributed by atoms with Gasteiger partial charge in [0.25, 0.3) is 0 Å². The van der Waals surface area contributed by atoms with E-state index in [2.05, 4.69) is 5.32 Å². The monoisotopic (exact) mass is 291 g/mol. The Bertz CT molecular complexity index is 449. The molecular weight excluding hydrogens is 276 g/mol. The lowest BCUT2D eigenvalue weighted by Crippen LogP contribution is -2.25. The van der Waals surface area contributed by atoms with E-state index < -0.39 is 23.2 Å². The molecule has 0 aliphatic carbocycles. The van der Waals surface area contributed by atoms with E-state index in [1.54, 1.807) is 20.8 Å². The van der Waals surface area contributed by atoms with Crippen molar-refractivity contribution >= 4 is 23.3 Å². The number of halogens is 3. The van der Waals surface area contributed by atoms with Gasteiger partial charge in [0.1, 0.15) is 11.4 Å². The molecule has 0 fully saturated rings. The smallest absolute Gasteiger partial charge is 0.308 e. The van der Waals surface area contributed by atoms with Gasteiger partial charge in [-0.1, -0.05) is 11.6 Å². The highest BCUT2D eigenvalue weighted by Crippen LogP contribution is 2.26. The number of hydrogen-bond acceptors (Lipinski definition) is 3. The molecule has 0 aromatic heterocycles. The summed E-state index contributed by atoms with van der Waals surface area (Å²) in [6.07, 6.45) is 0.0599. The second-order valence-corrected chi connectivity index (χ2v) is 5.41. The molecule has 0 spiro atoms. The van der Waals surface area contributed by atoms with E-state index in [4.69, 9.17) is 16.3 Å². The number of carbonyl (C=O) groups excluding carboxylic acids is 1. The molecule has 19 heavy (non-hydrogen) atoms. The maximum absolute atomic E-state index is 13.4. The molecule has 0 saturated heterocycles. The number of rotatable bonds is 4. The molecule has 1 aromatic rings. The van der Waals surface area contributed by atoms with E-state index in [0.717, 1.165) is 12.1 Å². The zero-order valence-electron chi connectivity index (χ0n) is 11.0. The maximum Gasteiger partial charge on any atom is 0.308 e. The third kappa shape index (κ3) is 5.42. The molecule has 1 aromatic carbocycles. The standard InChI is InChI=1S/C13H16ClF2NO2/c1-13(2,3)19-11(18)4-5-17-12-9(14)6-8(15)7-10(12)16/h6-7,17H,4-5H2,1-3H3. The molecule has 0 unspecified atom stereocenters. The van der Waals surface area contributed by atoms with Crippen LogP contribution in [-0.4, -0.2) is 18.1 Å². The Morgan fingerprint density at radius 2 is 2.00 bits per heavy atom. The van der Waals surface area contributed by atoms with Crippen LogP contribution in [-0.2, 0) is 9.53 Å². The lowest BCUT2D eigenvalue weighted by molar-refractivity contribution is -0.154. The molecule has 0 radical (unpaired) electrons. The van der Waals surface area contributed by atoms with Crippen molar-refractivity contribution in [3.63, 3.8) is 0 Å². The van der Waals surface area contributed by atoms with E-state index >= 15 is 0 Å². The summed E-state index contributed by atoms with van der Waals surface area (Å²) in [7, 11) is 0. The Morgan fingerprint density at radius 1 is 1.37 bits per heavy atom. The van der Waals surface area contributed by atoms with Crippen molar-refractivity contribution < 1.29 is 18.3 Å². The molecule has 1 N–H and O–H groups in total. The fraction of sp³-hybridized carbons (Fsp3) is 0.462. The third-order valence-electron chi connectivity index (χ3n) is 2.06. The summed E-state index contributed by atoms with van der Waals surface area (Å²) in [5.74, 6) is -1.95. The van der Waals surface area contributed by atoms with E-state index in [1.165, 1.54) is 0 Å². The molecule has 0 heterocycles. The topological polar surface area (TPSA) is 38.3 Å². The first-order chi connectivity index (χ1) is 8.69. The van der Waals surface area contributed by atoms with Crippen LogP contribution in [0.15, 0.2) is 12.1 Å². The van der Waals surface area contributed by atoms with Crippen molar-refractivity contribution in [1.82, 2.24) is 0 Å². The number of nitrogens with one attached hydrogen (secondary N) is 1. The Hall–Kier alpha value is -1.36. The van der Waals surface area contributed by atoms with Crippen LogP contribution in [0.3, 0.4) is 0 Å². The van der Waals surface area contributed by atoms with Crippen LogP contribution in [0.25, 0.3) is 0 Å². The fourth-order valence-electron chi connectivity index (χ4n) is 1.39. The largest absolute Gasteiger partial charge is 0.460 e. The van der Waals surface area contributed by atoms with Crippen molar-refractivity contribution in [2.75, 3.05) is 11.9 Å². The summed E-state index contributed by atoms with van der Waals surface area (Å²) in [4.78, 5) is 11.4. The number of esters is 1. The number of anilines is 1. The maximum atomic E-state index is 13.4. The molecule has 0 amide bonds. The fourth-order valence-corrected chi connectivity index (χ4v) is 1.65. The van der Waals surface area contributed by atoms with Crippen LogP contribution in [0, 0.1) is 11.6 Å². The first-order valence-corrected chi connectivity index (χ1v) is 6.17. The molecule has 6 heteroatoms. The summed E-state index contributed by atoms with van der Waals surface area (Å²) in [6.45, 7) is 5.43. The zero-order valence-corrected chi connectivity index (χ0v) is 11.8. The van der Waals surface area contributed by atoms with Crippen LogP contribution >= 0.6 is 11.6 Å². The van der Waals surface area contributed by atoms with E-state index in [9.17, 15) is 13.6 Å². The third-order valence-corrected chi connectivity index (χ3v) is 2.36. The van der Waals surface area contributed by atoms with E-state index in [-0.39, 0.29) is 23.7 Å². The minimum Gasteiger partial charge on any atom is -0.460 e. The van der Waals surface area contributed by atoms with Crippen molar-refractivity contribution in [2.24, 2.45) is 0 Å². The van der Waals surface area contributed by atoms with Gasteiger partial charge >= 0.3 is 5.97 Å². The second-order valence-electron chi connectivity index (χ2n) is 5.01. The van der Waals surface area contributed by atoms with Gasteiger partial charge in [0, 0.05) is 12.6 Å². The molecule has 0 aliphatic rings. The SMILES string of the molecule is CC(C)(C)OC(=O)CCNc1c(F)cc(F)cc1Cl. The van der Waals surface area contributed by atoms with Gasteiger partial charge in [-0.3, -0.25) is 4.79 Å². The van der Waals surface area contributed by atoms with Gasteiger partial charge in [-0.25, -0.2) is 8.78 Å². The number of carbonyl (C=O) groups is 1. The first-order valence-electron chi connectivity index (χ1n) is 5.79. The van der Waals surface area contributed by atoms with Crippen molar-refractivity contribution in [1.29, 1.82) is 0 Å². The normalized spacial score (nSPS) is 11.3. The van der Waals surface area contributed by atoms with Gasteiger partial charge in [-0.05, 0) is 26.8 Å². The molecule has 0 bridgehead atoms. The van der Waals surface area contributed by atoms with Gasteiger partial charge in [-0.2, -0.15) is 0 Å². The van der Waals surface area contributed by atoms with Crippen molar-refractivity contribution in [3.8, 4) is 0 Å². The lowest BCUT2D eigenvalue weighted by atomic mass is 10.2. The van der Waals surface area contributed by atoms with E-state index in [1.807, 2.05) is 0 Å².